The first kappa shape index (κ1) is 20.5. The highest BCUT2D eigenvalue weighted by atomic mass is 19.1. The van der Waals surface area contributed by atoms with E-state index in [1.165, 1.54) is 17.7 Å². The number of aliphatic hydroxyl groups excluding tert-OH is 2. The summed E-state index contributed by atoms with van der Waals surface area (Å²) in [5, 5.41) is 20.1. The van der Waals surface area contributed by atoms with E-state index in [9.17, 15) is 14.6 Å². The fourth-order valence-corrected chi connectivity index (χ4v) is 3.83. The molecule has 0 saturated heterocycles. The highest BCUT2D eigenvalue weighted by Crippen LogP contribution is 2.46. The zero-order valence-electron chi connectivity index (χ0n) is 16.6. The summed E-state index contributed by atoms with van der Waals surface area (Å²) < 4.78 is 13.5. The van der Waals surface area contributed by atoms with Crippen molar-refractivity contribution in [3.63, 3.8) is 0 Å². The second kappa shape index (κ2) is 8.82. The molecule has 1 aliphatic carbocycles. The van der Waals surface area contributed by atoms with Crippen molar-refractivity contribution in [3.8, 4) is 0 Å². The van der Waals surface area contributed by atoms with E-state index in [1.54, 1.807) is 18.2 Å². The molecule has 0 aliphatic heterocycles. The van der Waals surface area contributed by atoms with Gasteiger partial charge in [0.1, 0.15) is 5.82 Å². The fraction of sp³-hybridized carbons (Fsp3) is 0.333. The summed E-state index contributed by atoms with van der Waals surface area (Å²) in [6.45, 7) is 1.89. The largest absolute Gasteiger partial charge is 0.393 e. The van der Waals surface area contributed by atoms with Crippen LogP contribution in [0.15, 0.2) is 66.3 Å². The van der Waals surface area contributed by atoms with E-state index >= 15 is 0 Å². The lowest BCUT2D eigenvalue weighted by Gasteiger charge is -2.23. The van der Waals surface area contributed by atoms with Crippen LogP contribution in [0.1, 0.15) is 42.5 Å². The zero-order valence-corrected chi connectivity index (χ0v) is 16.6. The second-order valence-corrected chi connectivity index (χ2v) is 7.51. The minimum Gasteiger partial charge on any atom is -0.393 e. The van der Waals surface area contributed by atoms with E-state index in [0.717, 1.165) is 22.3 Å². The third-order valence-electron chi connectivity index (χ3n) is 5.24. The van der Waals surface area contributed by atoms with Crippen molar-refractivity contribution in [2.75, 3.05) is 14.1 Å². The third kappa shape index (κ3) is 4.25. The van der Waals surface area contributed by atoms with Gasteiger partial charge in [0.05, 0.1) is 18.2 Å². The van der Waals surface area contributed by atoms with Crippen LogP contribution in [-0.2, 0) is 0 Å². The number of nitrogens with zero attached hydrogens (tertiary/aromatic N) is 1. The maximum absolute atomic E-state index is 13.5. The van der Waals surface area contributed by atoms with Crippen LogP contribution in [0.4, 0.5) is 4.39 Å². The molecule has 0 radical (unpaired) electrons. The Labute approximate surface area is 166 Å². The van der Waals surface area contributed by atoms with Crippen LogP contribution in [0.5, 0.6) is 0 Å². The molecule has 1 unspecified atom stereocenters. The van der Waals surface area contributed by atoms with Crippen LogP contribution in [-0.4, -0.2) is 41.4 Å². The lowest BCUT2D eigenvalue weighted by Crippen LogP contribution is -2.20. The molecule has 0 heterocycles. The van der Waals surface area contributed by atoms with Gasteiger partial charge in [0, 0.05) is 6.42 Å². The summed E-state index contributed by atoms with van der Waals surface area (Å²) in [4.78, 5) is 2.14. The minimum absolute atomic E-state index is 0.0378. The van der Waals surface area contributed by atoms with Crippen molar-refractivity contribution in [1.29, 1.82) is 0 Å². The Morgan fingerprint density at radius 1 is 1.07 bits per heavy atom. The molecule has 28 heavy (non-hydrogen) atoms. The molecule has 2 N–H and O–H groups in total. The maximum Gasteiger partial charge on any atom is 0.123 e. The van der Waals surface area contributed by atoms with Gasteiger partial charge in [-0.1, -0.05) is 55.5 Å². The van der Waals surface area contributed by atoms with Gasteiger partial charge in [-0.2, -0.15) is 0 Å². The van der Waals surface area contributed by atoms with Gasteiger partial charge in [0.2, 0.25) is 0 Å². The molecule has 2 aromatic rings. The van der Waals surface area contributed by atoms with Crippen LogP contribution in [0.25, 0.3) is 5.57 Å². The third-order valence-corrected chi connectivity index (χ3v) is 5.24. The maximum atomic E-state index is 13.5. The number of likely N-dealkylation sites (N-methyl/N-ethyl adjacent to an activating group) is 1. The van der Waals surface area contributed by atoms with Crippen molar-refractivity contribution in [2.24, 2.45) is 0 Å². The predicted molar refractivity (Wildman–Crippen MR) is 111 cm³/mol. The van der Waals surface area contributed by atoms with Gasteiger partial charge in [0.25, 0.3) is 0 Å². The summed E-state index contributed by atoms with van der Waals surface area (Å²) in [6.07, 6.45) is 3.39. The molecule has 0 saturated carbocycles. The molecule has 2 aromatic carbocycles. The summed E-state index contributed by atoms with van der Waals surface area (Å²) >= 11 is 0. The number of aliphatic hydroxyl groups is 2. The van der Waals surface area contributed by atoms with E-state index in [0.29, 0.717) is 12.8 Å². The van der Waals surface area contributed by atoms with Crippen molar-refractivity contribution in [3.05, 3.63) is 88.8 Å². The van der Waals surface area contributed by atoms with Crippen LogP contribution in [0, 0.1) is 5.82 Å². The molecule has 148 valence electrons. The molecule has 0 fully saturated rings. The number of hydrogen-bond acceptors (Lipinski definition) is 3. The first-order valence-corrected chi connectivity index (χ1v) is 9.72. The van der Waals surface area contributed by atoms with Gasteiger partial charge in [-0.25, -0.2) is 4.39 Å². The van der Waals surface area contributed by atoms with Crippen molar-refractivity contribution < 1.29 is 14.6 Å². The van der Waals surface area contributed by atoms with Gasteiger partial charge in [-0.15, -0.1) is 0 Å². The minimum atomic E-state index is -0.719. The SMILES string of the molecule is CC[C@H](O)C[C@H](O)/C=C/C1=C(c2ccc(F)cc2)c2ccccc2C1N(C)C. The molecule has 4 heteroatoms. The molecule has 0 bridgehead atoms. The number of hydrogen-bond donors (Lipinski definition) is 2. The first-order valence-electron chi connectivity index (χ1n) is 9.72. The van der Waals surface area contributed by atoms with E-state index in [1.807, 2.05) is 39.2 Å². The lowest BCUT2D eigenvalue weighted by molar-refractivity contribution is 0.101. The van der Waals surface area contributed by atoms with E-state index in [2.05, 4.69) is 17.0 Å². The van der Waals surface area contributed by atoms with Crippen molar-refractivity contribution in [2.45, 2.75) is 38.0 Å². The van der Waals surface area contributed by atoms with Crippen molar-refractivity contribution in [1.82, 2.24) is 4.90 Å². The second-order valence-electron chi connectivity index (χ2n) is 7.51. The fourth-order valence-electron chi connectivity index (χ4n) is 3.83. The number of fused-ring (bicyclic) bond motifs is 1. The van der Waals surface area contributed by atoms with E-state index in [4.69, 9.17) is 0 Å². The molecule has 3 atom stereocenters. The molecular weight excluding hydrogens is 353 g/mol. The zero-order chi connectivity index (χ0) is 20.3. The Morgan fingerprint density at radius 3 is 2.39 bits per heavy atom. The summed E-state index contributed by atoms with van der Waals surface area (Å²) in [7, 11) is 4.06. The Hall–Kier alpha value is -2.27. The van der Waals surface area contributed by atoms with E-state index in [-0.39, 0.29) is 11.9 Å². The molecule has 0 aromatic heterocycles. The number of benzene rings is 2. The smallest absolute Gasteiger partial charge is 0.123 e. The monoisotopic (exact) mass is 381 g/mol. The van der Waals surface area contributed by atoms with Gasteiger partial charge < -0.3 is 10.2 Å². The standard InChI is InChI=1S/C24H28FNO2/c1-4-18(27)15-19(28)13-14-22-23(16-9-11-17(25)12-10-16)20-7-5-6-8-21(20)24(22)26(2)3/h5-14,18-19,24,27-28H,4,15H2,1-3H3/b14-13+/t18-,19+,24?/m0/s1. The van der Waals surface area contributed by atoms with Gasteiger partial charge in [-0.3, -0.25) is 4.90 Å². The van der Waals surface area contributed by atoms with Crippen LogP contribution >= 0.6 is 0 Å². The Balaban J connectivity index is 2.09. The average molecular weight is 381 g/mol. The van der Waals surface area contributed by atoms with Crippen LogP contribution in [0.3, 0.4) is 0 Å². The summed E-state index contributed by atoms with van der Waals surface area (Å²) in [5.74, 6) is -0.263. The Kier molecular flexibility index (Phi) is 6.45. The molecular formula is C24H28FNO2. The number of rotatable bonds is 7. The van der Waals surface area contributed by atoms with E-state index < -0.39 is 12.2 Å². The normalized spacial score (nSPS) is 18.8. The lowest BCUT2D eigenvalue weighted by atomic mass is 9.96. The molecule has 3 rings (SSSR count). The highest BCUT2D eigenvalue weighted by molar-refractivity contribution is 5.90. The topological polar surface area (TPSA) is 43.7 Å². The summed E-state index contributed by atoms with van der Waals surface area (Å²) in [6, 6.07) is 14.8. The Bertz CT molecular complexity index is 870. The predicted octanol–water partition coefficient (Wildman–Crippen LogP) is 4.32. The van der Waals surface area contributed by atoms with Gasteiger partial charge >= 0.3 is 0 Å². The highest BCUT2D eigenvalue weighted by Gasteiger charge is 2.31. The van der Waals surface area contributed by atoms with Gasteiger partial charge in [-0.05, 0) is 60.5 Å². The number of halogens is 1. The average Bonchev–Trinajstić information content (AvgIpc) is 3.01. The molecule has 0 amide bonds. The molecule has 1 aliphatic rings. The van der Waals surface area contributed by atoms with Crippen LogP contribution < -0.4 is 0 Å². The van der Waals surface area contributed by atoms with Crippen LogP contribution in [0.2, 0.25) is 0 Å². The Morgan fingerprint density at radius 2 is 1.75 bits per heavy atom. The first-order chi connectivity index (χ1) is 13.4. The quantitative estimate of drug-likeness (QED) is 0.751. The van der Waals surface area contributed by atoms with Gasteiger partial charge in [0.15, 0.2) is 0 Å². The summed E-state index contributed by atoms with van der Waals surface area (Å²) in [5.41, 5.74) is 5.36. The van der Waals surface area contributed by atoms with Crippen molar-refractivity contribution >= 4 is 5.57 Å². The molecule has 0 spiro atoms. The molecule has 3 nitrogen and oxygen atoms in total.